The number of ether oxygens (including phenoxy) is 1. The lowest BCUT2D eigenvalue weighted by Crippen LogP contribution is -2.45. The molecule has 0 radical (unpaired) electrons. The number of nitro groups is 1. The van der Waals surface area contributed by atoms with Crippen LogP contribution in [0.1, 0.15) is 0 Å². The number of urea groups is 1. The third-order valence-corrected chi connectivity index (χ3v) is 2.83. The van der Waals surface area contributed by atoms with E-state index in [4.69, 9.17) is 4.74 Å². The number of hydrogen-bond acceptors (Lipinski definition) is 5. The average molecular weight is 280 g/mol. The predicted molar refractivity (Wildman–Crippen MR) is 72.7 cm³/mol. The number of carbonyl (C=O) groups is 1. The van der Waals surface area contributed by atoms with E-state index in [1.165, 1.54) is 24.3 Å². The third-order valence-electron chi connectivity index (χ3n) is 2.83. The minimum Gasteiger partial charge on any atom is -0.374 e. The van der Waals surface area contributed by atoms with Gasteiger partial charge in [0, 0.05) is 37.5 Å². The minimum absolute atomic E-state index is 0.0161. The predicted octanol–water partition coefficient (Wildman–Crippen LogP) is 0.705. The van der Waals surface area contributed by atoms with Gasteiger partial charge >= 0.3 is 6.03 Å². The Labute approximate surface area is 115 Å². The summed E-state index contributed by atoms with van der Waals surface area (Å²) in [4.78, 5) is 21.7. The van der Waals surface area contributed by atoms with Crippen molar-refractivity contribution in [2.75, 3.05) is 31.6 Å². The lowest BCUT2D eigenvalue weighted by Gasteiger charge is -2.23. The second-order valence-electron chi connectivity index (χ2n) is 4.34. The SMILES string of the molecule is O=C(NCC1CNCCO1)Nc1ccc([N+](=O)[O-])cc1. The number of nitrogens with zero attached hydrogens (tertiary/aromatic N) is 1. The average Bonchev–Trinajstić information content (AvgIpc) is 2.47. The molecule has 0 aromatic heterocycles. The van der Waals surface area contributed by atoms with Crippen molar-refractivity contribution >= 4 is 17.4 Å². The maximum absolute atomic E-state index is 11.6. The Hall–Kier alpha value is -2.19. The van der Waals surface area contributed by atoms with Crippen LogP contribution in [0.3, 0.4) is 0 Å². The van der Waals surface area contributed by atoms with Gasteiger partial charge in [0.25, 0.3) is 5.69 Å². The molecular formula is C12H16N4O4. The Kier molecular flexibility index (Phi) is 4.85. The van der Waals surface area contributed by atoms with Crippen LogP contribution in [-0.2, 0) is 4.74 Å². The van der Waals surface area contributed by atoms with Crippen molar-refractivity contribution in [3.63, 3.8) is 0 Å². The molecule has 1 atom stereocenters. The summed E-state index contributed by atoms with van der Waals surface area (Å²) in [6.07, 6.45) is -0.0358. The first-order chi connectivity index (χ1) is 9.65. The maximum atomic E-state index is 11.6. The highest BCUT2D eigenvalue weighted by molar-refractivity contribution is 5.89. The Morgan fingerprint density at radius 1 is 1.45 bits per heavy atom. The number of benzene rings is 1. The molecule has 0 bridgehead atoms. The van der Waals surface area contributed by atoms with Crippen molar-refractivity contribution in [1.29, 1.82) is 0 Å². The number of hydrogen-bond donors (Lipinski definition) is 3. The summed E-state index contributed by atoms with van der Waals surface area (Å²) in [7, 11) is 0. The Balaban J connectivity index is 1.77. The van der Waals surface area contributed by atoms with E-state index in [9.17, 15) is 14.9 Å². The molecule has 1 aliphatic rings. The largest absolute Gasteiger partial charge is 0.374 e. The summed E-state index contributed by atoms with van der Waals surface area (Å²) in [5.41, 5.74) is 0.480. The monoisotopic (exact) mass is 280 g/mol. The molecule has 0 aliphatic carbocycles. The van der Waals surface area contributed by atoms with Gasteiger partial charge in [-0.2, -0.15) is 0 Å². The normalized spacial score (nSPS) is 18.3. The van der Waals surface area contributed by atoms with Crippen molar-refractivity contribution in [2.24, 2.45) is 0 Å². The van der Waals surface area contributed by atoms with Crippen LogP contribution in [0.2, 0.25) is 0 Å². The van der Waals surface area contributed by atoms with Gasteiger partial charge in [0.05, 0.1) is 17.6 Å². The third kappa shape index (κ3) is 4.18. The molecule has 8 heteroatoms. The summed E-state index contributed by atoms with van der Waals surface area (Å²) in [6.45, 7) is 2.57. The van der Waals surface area contributed by atoms with E-state index in [1.807, 2.05) is 0 Å². The van der Waals surface area contributed by atoms with E-state index in [-0.39, 0.29) is 17.8 Å². The summed E-state index contributed by atoms with van der Waals surface area (Å²) in [5.74, 6) is 0. The zero-order chi connectivity index (χ0) is 14.4. The van der Waals surface area contributed by atoms with Gasteiger partial charge in [-0.25, -0.2) is 4.79 Å². The Bertz CT molecular complexity index is 471. The molecule has 1 saturated heterocycles. The molecule has 3 N–H and O–H groups in total. The van der Waals surface area contributed by atoms with E-state index in [1.54, 1.807) is 0 Å². The van der Waals surface area contributed by atoms with Crippen LogP contribution < -0.4 is 16.0 Å². The summed E-state index contributed by atoms with van der Waals surface area (Å²) >= 11 is 0. The standard InChI is InChI=1S/C12H16N4O4/c17-12(14-8-11-7-13-5-6-20-11)15-9-1-3-10(4-2-9)16(18)19/h1-4,11,13H,5-8H2,(H2,14,15,17). The lowest BCUT2D eigenvalue weighted by molar-refractivity contribution is -0.384. The highest BCUT2D eigenvalue weighted by atomic mass is 16.6. The van der Waals surface area contributed by atoms with Gasteiger partial charge < -0.3 is 20.7 Å². The van der Waals surface area contributed by atoms with E-state index >= 15 is 0 Å². The second kappa shape index (κ2) is 6.83. The van der Waals surface area contributed by atoms with Crippen LogP contribution in [0.5, 0.6) is 0 Å². The molecule has 1 aromatic rings. The van der Waals surface area contributed by atoms with Gasteiger partial charge in [-0.15, -0.1) is 0 Å². The van der Waals surface area contributed by atoms with Gasteiger partial charge in [-0.05, 0) is 12.1 Å². The molecule has 0 spiro atoms. The molecule has 2 rings (SSSR count). The lowest BCUT2D eigenvalue weighted by atomic mass is 10.3. The highest BCUT2D eigenvalue weighted by Crippen LogP contribution is 2.15. The smallest absolute Gasteiger partial charge is 0.319 e. The van der Waals surface area contributed by atoms with Crippen LogP contribution in [-0.4, -0.2) is 43.3 Å². The number of nitro benzene ring substituents is 1. The van der Waals surface area contributed by atoms with Gasteiger partial charge in [0.2, 0.25) is 0 Å². The number of morpholine rings is 1. The molecule has 20 heavy (non-hydrogen) atoms. The number of non-ortho nitro benzene ring substituents is 1. The van der Waals surface area contributed by atoms with Gasteiger partial charge in [-0.3, -0.25) is 10.1 Å². The number of amides is 2. The number of anilines is 1. The fourth-order valence-corrected chi connectivity index (χ4v) is 1.80. The summed E-state index contributed by atoms with van der Waals surface area (Å²) < 4.78 is 5.44. The topological polar surface area (TPSA) is 106 Å². The van der Waals surface area contributed by atoms with Crippen LogP contribution >= 0.6 is 0 Å². The molecule has 2 amide bonds. The van der Waals surface area contributed by atoms with Crippen molar-refractivity contribution in [3.8, 4) is 0 Å². The fourth-order valence-electron chi connectivity index (χ4n) is 1.80. The van der Waals surface area contributed by atoms with Crippen LogP contribution in [0.25, 0.3) is 0 Å². The maximum Gasteiger partial charge on any atom is 0.319 e. The van der Waals surface area contributed by atoms with E-state index in [0.29, 0.717) is 25.4 Å². The molecule has 1 aromatic carbocycles. The van der Waals surface area contributed by atoms with Crippen molar-refractivity contribution in [1.82, 2.24) is 10.6 Å². The molecule has 1 fully saturated rings. The minimum atomic E-state index is -0.489. The quantitative estimate of drug-likeness (QED) is 0.556. The van der Waals surface area contributed by atoms with Crippen molar-refractivity contribution in [3.05, 3.63) is 34.4 Å². The molecule has 0 saturated carbocycles. The zero-order valence-corrected chi connectivity index (χ0v) is 10.8. The molecular weight excluding hydrogens is 264 g/mol. The first-order valence-corrected chi connectivity index (χ1v) is 6.27. The fraction of sp³-hybridized carbons (Fsp3) is 0.417. The molecule has 108 valence electrons. The number of carbonyl (C=O) groups excluding carboxylic acids is 1. The zero-order valence-electron chi connectivity index (χ0n) is 10.8. The Morgan fingerprint density at radius 2 is 2.20 bits per heavy atom. The van der Waals surface area contributed by atoms with Crippen molar-refractivity contribution < 1.29 is 14.5 Å². The number of nitrogens with one attached hydrogen (secondary N) is 3. The molecule has 1 aliphatic heterocycles. The second-order valence-corrected chi connectivity index (χ2v) is 4.34. The highest BCUT2D eigenvalue weighted by Gasteiger charge is 2.14. The molecule has 1 unspecified atom stereocenters. The van der Waals surface area contributed by atoms with Gasteiger partial charge in [0.1, 0.15) is 0 Å². The Morgan fingerprint density at radius 3 is 2.80 bits per heavy atom. The van der Waals surface area contributed by atoms with E-state index in [2.05, 4.69) is 16.0 Å². The van der Waals surface area contributed by atoms with Crippen molar-refractivity contribution in [2.45, 2.75) is 6.10 Å². The van der Waals surface area contributed by atoms with E-state index < -0.39 is 4.92 Å². The number of rotatable bonds is 4. The molecule has 8 nitrogen and oxygen atoms in total. The van der Waals surface area contributed by atoms with Gasteiger partial charge in [-0.1, -0.05) is 0 Å². The van der Waals surface area contributed by atoms with Crippen LogP contribution in [0, 0.1) is 10.1 Å². The summed E-state index contributed by atoms with van der Waals surface area (Å²) in [5, 5.41) is 19.0. The first kappa shape index (κ1) is 14.2. The summed E-state index contributed by atoms with van der Waals surface area (Å²) in [6, 6.07) is 5.27. The van der Waals surface area contributed by atoms with Crippen LogP contribution in [0.15, 0.2) is 24.3 Å². The first-order valence-electron chi connectivity index (χ1n) is 6.27. The van der Waals surface area contributed by atoms with E-state index in [0.717, 1.165) is 6.54 Å². The van der Waals surface area contributed by atoms with Gasteiger partial charge in [0.15, 0.2) is 0 Å². The van der Waals surface area contributed by atoms with Crippen LogP contribution in [0.4, 0.5) is 16.2 Å². The molecule has 1 heterocycles.